The molecule has 1 aliphatic heterocycles. The molecule has 3 aromatic rings. The summed E-state index contributed by atoms with van der Waals surface area (Å²) in [7, 11) is 0. The van der Waals surface area contributed by atoms with E-state index in [1.54, 1.807) is 22.9 Å². The van der Waals surface area contributed by atoms with Gasteiger partial charge in [0.25, 0.3) is 0 Å². The van der Waals surface area contributed by atoms with E-state index in [-0.39, 0.29) is 10.6 Å². The van der Waals surface area contributed by atoms with E-state index in [2.05, 4.69) is 10.4 Å². The molecule has 0 saturated carbocycles. The predicted molar refractivity (Wildman–Crippen MR) is 105 cm³/mol. The van der Waals surface area contributed by atoms with Crippen LogP contribution in [0.3, 0.4) is 0 Å². The summed E-state index contributed by atoms with van der Waals surface area (Å²) >= 11 is 12.4. The van der Waals surface area contributed by atoms with Gasteiger partial charge in [-0.25, -0.2) is 4.68 Å². The van der Waals surface area contributed by atoms with Crippen LogP contribution in [0.15, 0.2) is 42.5 Å². The van der Waals surface area contributed by atoms with Gasteiger partial charge in [0.05, 0.1) is 22.0 Å². The van der Waals surface area contributed by atoms with Crippen LogP contribution in [-0.2, 0) is 12.6 Å². The third-order valence-corrected chi connectivity index (χ3v) is 5.30. The van der Waals surface area contributed by atoms with Gasteiger partial charge in [-0.05, 0) is 55.7 Å². The molecule has 0 aliphatic carbocycles. The Balaban J connectivity index is 1.94. The number of alkyl halides is 3. The lowest BCUT2D eigenvalue weighted by Gasteiger charge is -2.10. The van der Waals surface area contributed by atoms with Crippen LogP contribution in [0.1, 0.15) is 24.0 Å². The molecule has 2 aromatic carbocycles. The lowest BCUT2D eigenvalue weighted by molar-refractivity contribution is -0.137. The third-order valence-electron chi connectivity index (χ3n) is 4.73. The highest BCUT2D eigenvalue weighted by molar-refractivity contribution is 6.33. The smallest absolute Gasteiger partial charge is 0.370 e. The lowest BCUT2D eigenvalue weighted by atomic mass is 10.0. The van der Waals surface area contributed by atoms with Gasteiger partial charge < -0.3 is 5.32 Å². The van der Waals surface area contributed by atoms with Crippen molar-refractivity contribution < 1.29 is 13.2 Å². The molecule has 0 saturated heterocycles. The van der Waals surface area contributed by atoms with E-state index >= 15 is 0 Å². The molecular formula is C20H16Cl2F3N3. The Morgan fingerprint density at radius 2 is 1.86 bits per heavy atom. The second-order valence-electron chi connectivity index (χ2n) is 6.64. The van der Waals surface area contributed by atoms with Gasteiger partial charge in [0, 0.05) is 22.7 Å². The highest BCUT2D eigenvalue weighted by Crippen LogP contribution is 2.40. The van der Waals surface area contributed by atoms with E-state index in [1.807, 2.05) is 6.07 Å². The molecule has 1 aromatic heterocycles. The van der Waals surface area contributed by atoms with E-state index in [0.717, 1.165) is 48.6 Å². The summed E-state index contributed by atoms with van der Waals surface area (Å²) in [6, 6.07) is 10.5. The Bertz CT molecular complexity index is 1030. The Kier molecular flexibility index (Phi) is 5.02. The maximum Gasteiger partial charge on any atom is 0.416 e. The molecule has 1 aliphatic rings. The van der Waals surface area contributed by atoms with Gasteiger partial charge in [-0.3, -0.25) is 0 Å². The number of fused-ring (bicyclic) bond motifs is 1. The quantitative estimate of drug-likeness (QED) is 0.500. The summed E-state index contributed by atoms with van der Waals surface area (Å²) in [4.78, 5) is 0. The molecule has 1 N–H and O–H groups in total. The fourth-order valence-corrected chi connectivity index (χ4v) is 3.79. The molecule has 0 bridgehead atoms. The molecule has 0 atom stereocenters. The van der Waals surface area contributed by atoms with Crippen LogP contribution in [-0.4, -0.2) is 16.3 Å². The molecule has 0 fully saturated rings. The van der Waals surface area contributed by atoms with Crippen molar-refractivity contribution in [2.45, 2.75) is 25.4 Å². The third kappa shape index (κ3) is 3.59. The van der Waals surface area contributed by atoms with Crippen LogP contribution < -0.4 is 5.32 Å². The van der Waals surface area contributed by atoms with Gasteiger partial charge in [0.2, 0.25) is 0 Å². The SMILES string of the molecule is FC(F)(F)c1ccc(Cl)c(-c2nn(-c3cccc(Cl)c3)c3c2CCCCN3)c1. The van der Waals surface area contributed by atoms with E-state index in [4.69, 9.17) is 23.2 Å². The summed E-state index contributed by atoms with van der Waals surface area (Å²) < 4.78 is 41.4. The number of nitrogens with zero attached hydrogens (tertiary/aromatic N) is 2. The largest absolute Gasteiger partial charge is 0.416 e. The molecule has 28 heavy (non-hydrogen) atoms. The van der Waals surface area contributed by atoms with Crippen LogP contribution in [0.2, 0.25) is 10.0 Å². The number of rotatable bonds is 2. The standard InChI is InChI=1S/C20H16Cl2F3N3/c21-13-4-3-5-14(11-13)28-19-15(6-1-2-9-26-19)18(27-28)16-10-12(20(23,24)25)7-8-17(16)22/h3-5,7-8,10-11,26H,1-2,6,9H2. The second kappa shape index (κ2) is 7.33. The average molecular weight is 426 g/mol. The van der Waals surface area contributed by atoms with Crippen molar-refractivity contribution in [3.8, 4) is 16.9 Å². The predicted octanol–water partition coefficient (Wildman–Crippen LogP) is 6.61. The zero-order chi connectivity index (χ0) is 19.9. The minimum Gasteiger partial charge on any atom is -0.370 e. The highest BCUT2D eigenvalue weighted by Gasteiger charge is 2.32. The Hall–Kier alpha value is -2.18. The molecule has 8 heteroatoms. The van der Waals surface area contributed by atoms with Gasteiger partial charge in [-0.2, -0.15) is 18.3 Å². The van der Waals surface area contributed by atoms with Crippen LogP contribution >= 0.6 is 23.2 Å². The van der Waals surface area contributed by atoms with Crippen LogP contribution in [0.4, 0.5) is 19.0 Å². The number of benzene rings is 2. The van der Waals surface area contributed by atoms with Gasteiger partial charge in [-0.1, -0.05) is 29.3 Å². The van der Waals surface area contributed by atoms with Crippen molar-refractivity contribution in [2.24, 2.45) is 0 Å². The Labute approximate surface area is 170 Å². The molecule has 3 nitrogen and oxygen atoms in total. The first-order chi connectivity index (χ1) is 13.3. The van der Waals surface area contributed by atoms with Crippen molar-refractivity contribution >= 4 is 29.0 Å². The van der Waals surface area contributed by atoms with Crippen molar-refractivity contribution in [3.05, 3.63) is 63.6 Å². The summed E-state index contributed by atoms with van der Waals surface area (Å²) in [6.45, 7) is 0.759. The Morgan fingerprint density at radius 3 is 2.61 bits per heavy atom. The van der Waals surface area contributed by atoms with Gasteiger partial charge in [-0.15, -0.1) is 0 Å². The van der Waals surface area contributed by atoms with Crippen molar-refractivity contribution in [2.75, 3.05) is 11.9 Å². The maximum absolute atomic E-state index is 13.2. The normalized spacial score (nSPS) is 14.3. The molecule has 146 valence electrons. The Morgan fingerprint density at radius 1 is 1.04 bits per heavy atom. The number of nitrogens with one attached hydrogen (secondary N) is 1. The van der Waals surface area contributed by atoms with Crippen molar-refractivity contribution in [1.82, 2.24) is 9.78 Å². The van der Waals surface area contributed by atoms with Crippen LogP contribution in [0.5, 0.6) is 0 Å². The summed E-state index contributed by atoms with van der Waals surface area (Å²) in [5.74, 6) is 0.767. The minimum atomic E-state index is -4.45. The zero-order valence-electron chi connectivity index (χ0n) is 14.7. The van der Waals surface area contributed by atoms with E-state index in [1.165, 1.54) is 6.07 Å². The monoisotopic (exact) mass is 425 g/mol. The number of halogens is 5. The summed E-state index contributed by atoms with van der Waals surface area (Å²) in [5, 5.41) is 8.78. The number of hydrogen-bond acceptors (Lipinski definition) is 2. The van der Waals surface area contributed by atoms with E-state index in [9.17, 15) is 13.2 Å². The highest BCUT2D eigenvalue weighted by atomic mass is 35.5. The molecule has 2 heterocycles. The van der Waals surface area contributed by atoms with Gasteiger partial charge in [0.1, 0.15) is 5.82 Å². The number of anilines is 1. The molecule has 4 rings (SSSR count). The van der Waals surface area contributed by atoms with Crippen LogP contribution in [0.25, 0.3) is 16.9 Å². The molecule has 0 radical (unpaired) electrons. The minimum absolute atomic E-state index is 0.232. The van der Waals surface area contributed by atoms with E-state index < -0.39 is 11.7 Å². The van der Waals surface area contributed by atoms with Gasteiger partial charge >= 0.3 is 6.18 Å². The summed E-state index contributed by atoms with van der Waals surface area (Å²) in [6.07, 6.45) is -1.89. The van der Waals surface area contributed by atoms with Gasteiger partial charge in [0.15, 0.2) is 0 Å². The first-order valence-electron chi connectivity index (χ1n) is 8.83. The van der Waals surface area contributed by atoms with Crippen molar-refractivity contribution in [1.29, 1.82) is 0 Å². The topological polar surface area (TPSA) is 29.9 Å². The lowest BCUT2D eigenvalue weighted by Crippen LogP contribution is -2.07. The molecule has 0 amide bonds. The molecule has 0 spiro atoms. The molecular weight excluding hydrogens is 410 g/mol. The van der Waals surface area contributed by atoms with Crippen LogP contribution in [0, 0.1) is 0 Å². The second-order valence-corrected chi connectivity index (χ2v) is 7.49. The average Bonchev–Trinajstić information content (AvgIpc) is 2.82. The zero-order valence-corrected chi connectivity index (χ0v) is 16.2. The fourth-order valence-electron chi connectivity index (χ4n) is 3.40. The summed E-state index contributed by atoms with van der Waals surface area (Å²) in [5.41, 5.74) is 1.57. The molecule has 0 unspecified atom stereocenters. The van der Waals surface area contributed by atoms with E-state index in [0.29, 0.717) is 17.1 Å². The number of hydrogen-bond donors (Lipinski definition) is 1. The maximum atomic E-state index is 13.2. The first kappa shape index (κ1) is 19.2. The fraction of sp³-hybridized carbons (Fsp3) is 0.250. The van der Waals surface area contributed by atoms with Crippen molar-refractivity contribution in [3.63, 3.8) is 0 Å². The first-order valence-corrected chi connectivity index (χ1v) is 9.59. The number of aromatic nitrogens is 2.